The van der Waals surface area contributed by atoms with Gasteiger partial charge in [0.15, 0.2) is 11.2 Å². The molecule has 1 aliphatic heterocycles. The van der Waals surface area contributed by atoms with Crippen molar-refractivity contribution in [3.8, 4) is 5.75 Å². The first-order valence-corrected chi connectivity index (χ1v) is 18.6. The minimum atomic E-state index is -0.920. The average molecular weight is 744 g/mol. The van der Waals surface area contributed by atoms with Crippen molar-refractivity contribution in [1.29, 1.82) is 0 Å². The Bertz CT molecular complexity index is 1840. The summed E-state index contributed by atoms with van der Waals surface area (Å²) in [5.74, 6) is -1.08. The van der Waals surface area contributed by atoms with Crippen LogP contribution in [0.4, 0.5) is 14.9 Å². The molecular formula is C37H50FN5O8S. The highest BCUT2D eigenvalue weighted by atomic mass is 32.2. The Kier molecular flexibility index (Phi) is 14.2. The molecular weight excluding hydrogens is 693 g/mol. The maximum absolute atomic E-state index is 15.3. The van der Waals surface area contributed by atoms with E-state index in [4.69, 9.17) is 9.47 Å². The number of rotatable bonds is 16. The third-order valence-electron chi connectivity index (χ3n) is 8.76. The van der Waals surface area contributed by atoms with E-state index in [2.05, 4.69) is 10.6 Å². The van der Waals surface area contributed by atoms with Crippen LogP contribution in [0.15, 0.2) is 47.4 Å². The molecule has 2 N–H and O–H groups in total. The van der Waals surface area contributed by atoms with Crippen LogP contribution in [0, 0.1) is 11.7 Å². The van der Waals surface area contributed by atoms with Gasteiger partial charge in [-0.2, -0.15) is 11.8 Å². The summed E-state index contributed by atoms with van der Waals surface area (Å²) >= 11 is 1.54. The van der Waals surface area contributed by atoms with Gasteiger partial charge in [-0.1, -0.05) is 26.0 Å². The van der Waals surface area contributed by atoms with Gasteiger partial charge < -0.3 is 34.5 Å². The Labute approximate surface area is 309 Å². The fourth-order valence-electron chi connectivity index (χ4n) is 5.93. The summed E-state index contributed by atoms with van der Waals surface area (Å²) < 4.78 is 28.1. The first-order chi connectivity index (χ1) is 24.9. The van der Waals surface area contributed by atoms with E-state index < -0.39 is 41.3 Å². The van der Waals surface area contributed by atoms with E-state index in [0.29, 0.717) is 61.4 Å². The standard InChI is InChI=1S/C37H46FN5O8S.2H2/c1-6-41-20-28(24(4)45)34(46)27-18-29(38)33(19-32(27)41)42-12-14-43(15-13-42)37(49)50-21-25-7-9-26(10-8-25)51-36(48)31(17-23(2)3)40-35(47)30(39-22-44)11-16-52-5;;/h7-10,18-20,22-23,30-31H,6,11-17,21H2,1-5H3,(H,39,44)(H,40,47);2*1H/t30-,31-;;/m0../s1. The molecule has 0 radical (unpaired) electrons. The lowest BCUT2D eigenvalue weighted by Gasteiger charge is -2.35. The van der Waals surface area contributed by atoms with Crippen LogP contribution in [0.25, 0.3) is 10.9 Å². The monoisotopic (exact) mass is 743 g/mol. The molecule has 13 nitrogen and oxygen atoms in total. The fraction of sp³-hybridized carbons (Fsp3) is 0.459. The molecule has 1 aromatic heterocycles. The number of ketones is 1. The van der Waals surface area contributed by atoms with E-state index in [0.717, 1.165) is 0 Å². The van der Waals surface area contributed by atoms with Crippen molar-refractivity contribution >= 4 is 58.5 Å². The molecule has 52 heavy (non-hydrogen) atoms. The summed E-state index contributed by atoms with van der Waals surface area (Å²) in [7, 11) is 0. The van der Waals surface area contributed by atoms with Gasteiger partial charge in [-0.3, -0.25) is 19.2 Å². The topological polar surface area (TPSA) is 156 Å². The lowest BCUT2D eigenvalue weighted by molar-refractivity contribution is -0.140. The Morgan fingerprint density at radius 3 is 2.35 bits per heavy atom. The second kappa shape index (κ2) is 18.5. The van der Waals surface area contributed by atoms with Crippen LogP contribution in [-0.4, -0.2) is 89.9 Å². The molecule has 3 aromatic rings. The summed E-state index contributed by atoms with van der Waals surface area (Å²) in [5, 5.41) is 5.37. The summed E-state index contributed by atoms with van der Waals surface area (Å²) in [6.45, 7) is 8.71. The Morgan fingerprint density at radius 2 is 1.75 bits per heavy atom. The zero-order valence-electron chi connectivity index (χ0n) is 30.1. The predicted octanol–water partition coefficient (Wildman–Crippen LogP) is 4.62. The van der Waals surface area contributed by atoms with E-state index in [9.17, 15) is 28.8 Å². The normalized spacial score (nSPS) is 14.1. The van der Waals surface area contributed by atoms with Gasteiger partial charge in [0, 0.05) is 47.2 Å². The van der Waals surface area contributed by atoms with Crippen molar-refractivity contribution in [2.75, 3.05) is 43.1 Å². The van der Waals surface area contributed by atoms with Crippen LogP contribution in [0.3, 0.4) is 0 Å². The number of anilines is 1. The number of hydrogen-bond donors (Lipinski definition) is 2. The predicted molar refractivity (Wildman–Crippen MR) is 201 cm³/mol. The lowest BCUT2D eigenvalue weighted by atomic mass is 10.0. The van der Waals surface area contributed by atoms with Crippen LogP contribution in [-0.2, 0) is 32.3 Å². The van der Waals surface area contributed by atoms with Crippen molar-refractivity contribution in [2.24, 2.45) is 5.92 Å². The van der Waals surface area contributed by atoms with Crippen molar-refractivity contribution < 1.29 is 40.7 Å². The van der Waals surface area contributed by atoms with Crippen LogP contribution < -0.4 is 25.7 Å². The highest BCUT2D eigenvalue weighted by Gasteiger charge is 2.28. The zero-order chi connectivity index (χ0) is 37.9. The van der Waals surface area contributed by atoms with Crippen LogP contribution in [0.1, 0.15) is 59.3 Å². The van der Waals surface area contributed by atoms with Crippen molar-refractivity contribution in [3.05, 3.63) is 69.8 Å². The van der Waals surface area contributed by atoms with Gasteiger partial charge in [0.25, 0.3) is 0 Å². The van der Waals surface area contributed by atoms with Gasteiger partial charge in [-0.05, 0) is 74.4 Å². The van der Waals surface area contributed by atoms with E-state index >= 15 is 4.39 Å². The minimum Gasteiger partial charge on any atom is -0.445 e. The van der Waals surface area contributed by atoms with Gasteiger partial charge in [0.2, 0.25) is 12.3 Å². The third-order valence-corrected chi connectivity index (χ3v) is 9.40. The lowest BCUT2D eigenvalue weighted by Crippen LogP contribution is -2.51. The SMILES string of the molecule is CCn1cc(C(C)=O)c(=O)c2cc(F)c(N3CCN(C(=O)OCc4ccc(OC(=O)[C@H](CC(C)C)NC(=O)[C@H](CCSC)NC=O)cc4)CC3)cc21.[HH].[HH]. The molecule has 0 aliphatic carbocycles. The maximum atomic E-state index is 15.3. The summed E-state index contributed by atoms with van der Waals surface area (Å²) in [6.07, 6.45) is 4.10. The van der Waals surface area contributed by atoms with Crippen molar-refractivity contribution in [2.45, 2.75) is 65.8 Å². The Morgan fingerprint density at radius 1 is 1.06 bits per heavy atom. The van der Waals surface area contributed by atoms with E-state index in [1.807, 2.05) is 31.9 Å². The minimum absolute atomic E-state index is 0. The number of Topliss-reactive ketones (excluding diaryl/α,β-unsaturated/α-hetero) is 1. The second-order valence-corrected chi connectivity index (χ2v) is 13.9. The molecule has 1 saturated heterocycles. The van der Waals surface area contributed by atoms with Gasteiger partial charge in [-0.25, -0.2) is 14.0 Å². The number of ether oxygens (including phenoxy) is 2. The van der Waals surface area contributed by atoms with E-state index in [1.54, 1.807) is 46.7 Å². The molecule has 2 heterocycles. The highest BCUT2D eigenvalue weighted by Crippen LogP contribution is 2.27. The zero-order valence-corrected chi connectivity index (χ0v) is 30.9. The molecule has 0 bridgehead atoms. The number of fused-ring (bicyclic) bond motifs is 1. The van der Waals surface area contributed by atoms with E-state index in [1.165, 1.54) is 24.1 Å². The van der Waals surface area contributed by atoms with Crippen molar-refractivity contribution in [3.63, 3.8) is 0 Å². The summed E-state index contributed by atoms with van der Waals surface area (Å²) in [6, 6.07) is 7.57. The molecule has 0 saturated carbocycles. The molecule has 15 heteroatoms. The summed E-state index contributed by atoms with van der Waals surface area (Å²) in [4.78, 5) is 78.0. The van der Waals surface area contributed by atoms with Gasteiger partial charge in [0.1, 0.15) is 30.3 Å². The number of amides is 3. The molecule has 1 aliphatic rings. The number of esters is 1. The molecule has 3 amide bonds. The smallest absolute Gasteiger partial charge is 0.410 e. The first-order valence-electron chi connectivity index (χ1n) is 17.2. The molecule has 2 aromatic carbocycles. The Balaban J connectivity index is 0.00000504. The third kappa shape index (κ3) is 10.1. The number of nitrogens with one attached hydrogen (secondary N) is 2. The number of aromatic nitrogens is 1. The first kappa shape index (κ1) is 39.9. The van der Waals surface area contributed by atoms with Crippen molar-refractivity contribution in [1.82, 2.24) is 20.1 Å². The number of carbonyl (C=O) groups is 5. The average Bonchev–Trinajstić information content (AvgIpc) is 3.12. The highest BCUT2D eigenvalue weighted by molar-refractivity contribution is 7.98. The Hall–Kier alpha value is -4.92. The maximum Gasteiger partial charge on any atom is 0.410 e. The number of aryl methyl sites for hydroxylation is 1. The largest absolute Gasteiger partial charge is 0.445 e. The van der Waals surface area contributed by atoms with Crippen LogP contribution in [0.2, 0.25) is 0 Å². The number of carbonyl (C=O) groups excluding carboxylic acids is 5. The quantitative estimate of drug-likeness (QED) is 0.0919. The summed E-state index contributed by atoms with van der Waals surface area (Å²) in [5.41, 5.74) is 1.00. The molecule has 0 unspecified atom stereocenters. The number of nitrogens with zero attached hydrogens (tertiary/aromatic N) is 3. The van der Waals surface area contributed by atoms with Gasteiger partial charge >= 0.3 is 12.1 Å². The number of piperazine rings is 1. The molecule has 0 spiro atoms. The number of halogens is 1. The second-order valence-electron chi connectivity index (χ2n) is 12.9. The molecule has 4 rings (SSSR count). The number of hydrogen-bond acceptors (Lipinski definition) is 10. The van der Waals surface area contributed by atoms with Gasteiger partial charge in [0.05, 0.1) is 16.8 Å². The number of benzene rings is 2. The molecule has 284 valence electrons. The van der Waals surface area contributed by atoms with Gasteiger partial charge in [-0.15, -0.1) is 0 Å². The molecule has 2 atom stereocenters. The number of pyridine rings is 1. The van der Waals surface area contributed by atoms with E-state index in [-0.39, 0.29) is 51.0 Å². The fourth-order valence-corrected chi connectivity index (χ4v) is 6.40. The van der Waals surface area contributed by atoms with Crippen LogP contribution >= 0.6 is 11.8 Å². The molecule has 1 fully saturated rings. The number of thioether (sulfide) groups is 1. The van der Waals surface area contributed by atoms with Crippen LogP contribution in [0.5, 0.6) is 5.75 Å².